The van der Waals surface area contributed by atoms with Crippen molar-refractivity contribution in [2.75, 3.05) is 26.2 Å². The zero-order valence-corrected chi connectivity index (χ0v) is 14.0. The third-order valence-electron chi connectivity index (χ3n) is 4.90. The number of rotatable bonds is 6. The van der Waals surface area contributed by atoms with Gasteiger partial charge in [-0.2, -0.15) is 0 Å². The van der Waals surface area contributed by atoms with Crippen LogP contribution < -0.4 is 5.32 Å². The van der Waals surface area contributed by atoms with Gasteiger partial charge in [0.1, 0.15) is 0 Å². The van der Waals surface area contributed by atoms with Crippen LogP contribution in [0.3, 0.4) is 0 Å². The summed E-state index contributed by atoms with van der Waals surface area (Å²) in [4.78, 5) is 2.67. The Morgan fingerprint density at radius 1 is 1.14 bits per heavy atom. The number of hydrogen-bond donors (Lipinski definition) is 1. The largest absolute Gasteiger partial charge is 0.309 e. The Morgan fingerprint density at radius 2 is 1.90 bits per heavy atom. The molecule has 2 heteroatoms. The molecule has 2 nitrogen and oxygen atoms in total. The highest BCUT2D eigenvalue weighted by atomic mass is 15.1. The SMILES string of the molecule is CCNC(CN1CCCC(C(C)C)CC1)c1ccccc1. The van der Waals surface area contributed by atoms with Crippen LogP contribution in [0.1, 0.15) is 51.6 Å². The van der Waals surface area contributed by atoms with E-state index in [2.05, 4.69) is 61.3 Å². The number of likely N-dealkylation sites (tertiary alicyclic amines) is 1. The summed E-state index contributed by atoms with van der Waals surface area (Å²) in [6.07, 6.45) is 4.13. The minimum atomic E-state index is 0.465. The van der Waals surface area contributed by atoms with E-state index in [-0.39, 0.29) is 0 Å². The maximum atomic E-state index is 3.66. The van der Waals surface area contributed by atoms with Gasteiger partial charge in [-0.25, -0.2) is 0 Å². The molecule has 0 aliphatic carbocycles. The van der Waals surface area contributed by atoms with Gasteiger partial charge >= 0.3 is 0 Å². The molecule has 1 fully saturated rings. The summed E-state index contributed by atoms with van der Waals surface area (Å²) < 4.78 is 0. The fraction of sp³-hybridized carbons (Fsp3) is 0.684. The molecule has 0 saturated carbocycles. The Balaban J connectivity index is 1.94. The van der Waals surface area contributed by atoms with Gasteiger partial charge in [-0.05, 0) is 56.3 Å². The van der Waals surface area contributed by atoms with Crippen molar-refractivity contribution in [1.82, 2.24) is 10.2 Å². The van der Waals surface area contributed by atoms with Gasteiger partial charge in [0.05, 0.1) is 0 Å². The van der Waals surface area contributed by atoms with Gasteiger partial charge in [0.15, 0.2) is 0 Å². The summed E-state index contributed by atoms with van der Waals surface area (Å²) >= 11 is 0. The van der Waals surface area contributed by atoms with Crippen molar-refractivity contribution in [3.05, 3.63) is 35.9 Å². The summed E-state index contributed by atoms with van der Waals surface area (Å²) in [7, 11) is 0. The molecule has 2 atom stereocenters. The lowest BCUT2D eigenvalue weighted by atomic mass is 9.89. The summed E-state index contributed by atoms with van der Waals surface area (Å²) in [5.41, 5.74) is 1.42. The highest BCUT2D eigenvalue weighted by molar-refractivity contribution is 5.19. The molecular formula is C19H32N2. The lowest BCUT2D eigenvalue weighted by molar-refractivity contribution is 0.244. The molecule has 0 amide bonds. The molecule has 0 radical (unpaired) electrons. The van der Waals surface area contributed by atoms with Crippen LogP contribution in [0.4, 0.5) is 0 Å². The molecule has 0 spiro atoms. The van der Waals surface area contributed by atoms with Crippen LogP contribution in [0.25, 0.3) is 0 Å². The lowest BCUT2D eigenvalue weighted by Gasteiger charge is -2.27. The second-order valence-corrected chi connectivity index (χ2v) is 6.76. The molecule has 1 aromatic carbocycles. The van der Waals surface area contributed by atoms with Gasteiger partial charge in [-0.15, -0.1) is 0 Å². The number of likely N-dealkylation sites (N-methyl/N-ethyl adjacent to an activating group) is 1. The van der Waals surface area contributed by atoms with Crippen LogP contribution in [-0.2, 0) is 0 Å². The van der Waals surface area contributed by atoms with E-state index in [1.165, 1.54) is 37.9 Å². The predicted molar refractivity (Wildman–Crippen MR) is 91.5 cm³/mol. The average molecular weight is 288 g/mol. The summed E-state index contributed by atoms with van der Waals surface area (Å²) in [6.45, 7) is 11.7. The highest BCUT2D eigenvalue weighted by Gasteiger charge is 2.21. The van der Waals surface area contributed by atoms with Gasteiger partial charge in [-0.3, -0.25) is 0 Å². The fourth-order valence-corrected chi connectivity index (χ4v) is 3.51. The number of nitrogens with zero attached hydrogens (tertiary/aromatic N) is 1. The van der Waals surface area contributed by atoms with Crippen molar-refractivity contribution < 1.29 is 0 Å². The third-order valence-corrected chi connectivity index (χ3v) is 4.90. The third kappa shape index (κ3) is 5.12. The first-order valence-corrected chi connectivity index (χ1v) is 8.71. The zero-order chi connectivity index (χ0) is 15.1. The molecule has 0 aromatic heterocycles. The Labute approximate surface area is 130 Å². The predicted octanol–water partition coefficient (Wildman–Crippen LogP) is 4.10. The Bertz CT molecular complexity index is 388. The number of nitrogens with one attached hydrogen (secondary N) is 1. The zero-order valence-electron chi connectivity index (χ0n) is 14.0. The molecule has 21 heavy (non-hydrogen) atoms. The lowest BCUT2D eigenvalue weighted by Crippen LogP contribution is -2.36. The van der Waals surface area contributed by atoms with Crippen LogP contribution in [0.2, 0.25) is 0 Å². The molecule has 1 aromatic rings. The summed E-state index contributed by atoms with van der Waals surface area (Å²) in [5, 5.41) is 3.66. The van der Waals surface area contributed by atoms with Crippen molar-refractivity contribution in [3.63, 3.8) is 0 Å². The van der Waals surface area contributed by atoms with E-state index in [4.69, 9.17) is 0 Å². The Hall–Kier alpha value is -0.860. The molecular weight excluding hydrogens is 256 g/mol. The van der Waals surface area contributed by atoms with Gasteiger partial charge in [0.25, 0.3) is 0 Å². The molecule has 2 unspecified atom stereocenters. The first-order chi connectivity index (χ1) is 10.2. The molecule has 2 rings (SSSR count). The highest BCUT2D eigenvalue weighted by Crippen LogP contribution is 2.25. The van der Waals surface area contributed by atoms with Gasteiger partial charge in [0, 0.05) is 12.6 Å². The van der Waals surface area contributed by atoms with Crippen LogP contribution in [0.5, 0.6) is 0 Å². The van der Waals surface area contributed by atoms with Crippen molar-refractivity contribution in [2.24, 2.45) is 11.8 Å². The van der Waals surface area contributed by atoms with E-state index in [1.807, 2.05) is 0 Å². The Morgan fingerprint density at radius 3 is 2.57 bits per heavy atom. The average Bonchev–Trinajstić information content (AvgIpc) is 2.73. The van der Waals surface area contributed by atoms with E-state index in [0.717, 1.165) is 24.9 Å². The first kappa shape index (κ1) is 16.5. The standard InChI is InChI=1S/C19H32N2/c1-4-20-19(18-9-6-5-7-10-18)15-21-13-8-11-17(12-14-21)16(2)3/h5-7,9-10,16-17,19-20H,4,8,11-15H2,1-3H3. The normalized spacial score (nSPS) is 22.2. The molecule has 118 valence electrons. The fourth-order valence-electron chi connectivity index (χ4n) is 3.51. The smallest absolute Gasteiger partial charge is 0.0449 e. The van der Waals surface area contributed by atoms with Crippen molar-refractivity contribution in [1.29, 1.82) is 0 Å². The summed E-state index contributed by atoms with van der Waals surface area (Å²) in [6, 6.07) is 11.4. The second-order valence-electron chi connectivity index (χ2n) is 6.76. The van der Waals surface area contributed by atoms with Crippen LogP contribution in [-0.4, -0.2) is 31.1 Å². The Kier molecular flexibility index (Phi) is 6.72. The maximum Gasteiger partial charge on any atom is 0.0449 e. The van der Waals surface area contributed by atoms with Crippen molar-refractivity contribution in [3.8, 4) is 0 Å². The van der Waals surface area contributed by atoms with Gasteiger partial charge < -0.3 is 10.2 Å². The first-order valence-electron chi connectivity index (χ1n) is 8.71. The van der Waals surface area contributed by atoms with Crippen LogP contribution >= 0.6 is 0 Å². The van der Waals surface area contributed by atoms with Gasteiger partial charge in [0.2, 0.25) is 0 Å². The van der Waals surface area contributed by atoms with E-state index < -0.39 is 0 Å². The number of benzene rings is 1. The van der Waals surface area contributed by atoms with Crippen molar-refractivity contribution >= 4 is 0 Å². The monoisotopic (exact) mass is 288 g/mol. The molecule has 1 aliphatic rings. The van der Waals surface area contributed by atoms with E-state index in [9.17, 15) is 0 Å². The number of hydrogen-bond acceptors (Lipinski definition) is 2. The topological polar surface area (TPSA) is 15.3 Å². The van der Waals surface area contributed by atoms with Gasteiger partial charge in [-0.1, -0.05) is 51.1 Å². The van der Waals surface area contributed by atoms with E-state index >= 15 is 0 Å². The molecule has 1 aliphatic heterocycles. The van der Waals surface area contributed by atoms with Crippen LogP contribution in [0, 0.1) is 11.8 Å². The summed E-state index contributed by atoms with van der Waals surface area (Å²) in [5.74, 6) is 1.76. The minimum absolute atomic E-state index is 0.465. The quantitative estimate of drug-likeness (QED) is 0.848. The molecule has 1 saturated heterocycles. The van der Waals surface area contributed by atoms with E-state index in [1.54, 1.807) is 0 Å². The second kappa shape index (κ2) is 8.55. The molecule has 0 bridgehead atoms. The van der Waals surface area contributed by atoms with Crippen LogP contribution in [0.15, 0.2) is 30.3 Å². The molecule has 1 heterocycles. The van der Waals surface area contributed by atoms with Crippen molar-refractivity contribution in [2.45, 2.75) is 46.1 Å². The van der Waals surface area contributed by atoms with E-state index in [0.29, 0.717) is 6.04 Å². The molecule has 1 N–H and O–H groups in total. The maximum absolute atomic E-state index is 3.66. The minimum Gasteiger partial charge on any atom is -0.309 e.